The second-order valence-electron chi connectivity index (χ2n) is 4.69. The third-order valence-electron chi connectivity index (χ3n) is 3.34. The maximum atomic E-state index is 12.7. The molecule has 0 spiro atoms. The minimum absolute atomic E-state index is 0.128. The van der Waals surface area contributed by atoms with E-state index in [1.165, 1.54) is 0 Å². The molecule has 2 amide bonds. The zero-order valence-corrected chi connectivity index (χ0v) is 12.3. The molecule has 1 aliphatic heterocycles. The summed E-state index contributed by atoms with van der Waals surface area (Å²) in [6.45, 7) is 5.37. The minimum atomic E-state index is -0.468. The van der Waals surface area contributed by atoms with Crippen molar-refractivity contribution in [2.45, 2.75) is 19.9 Å². The topological polar surface area (TPSA) is 61.4 Å². The highest BCUT2D eigenvalue weighted by molar-refractivity contribution is 6.31. The second kappa shape index (κ2) is 6.13. The lowest BCUT2D eigenvalue weighted by atomic mass is 10.1. The molecule has 1 fully saturated rings. The first kappa shape index (κ1) is 14.7. The summed E-state index contributed by atoms with van der Waals surface area (Å²) in [5.74, 6) is -0.303. The minimum Gasteiger partial charge on any atom is -0.385 e. The molecule has 2 rings (SSSR count). The number of anilines is 1. The molecule has 1 unspecified atom stereocenters. The van der Waals surface area contributed by atoms with Gasteiger partial charge in [-0.25, -0.2) is 0 Å². The van der Waals surface area contributed by atoms with Crippen molar-refractivity contribution in [2.75, 3.05) is 25.0 Å². The summed E-state index contributed by atoms with van der Waals surface area (Å²) in [6.07, 6.45) is 0. The summed E-state index contributed by atoms with van der Waals surface area (Å²) in [5.41, 5.74) is 1.24. The Morgan fingerprint density at radius 1 is 1.55 bits per heavy atom. The van der Waals surface area contributed by atoms with Crippen molar-refractivity contribution in [3.8, 4) is 0 Å². The van der Waals surface area contributed by atoms with Crippen molar-refractivity contribution in [1.82, 2.24) is 10.2 Å². The van der Waals surface area contributed by atoms with Crippen molar-refractivity contribution in [1.29, 1.82) is 0 Å². The number of nitrogens with one attached hydrogen (secondary N) is 2. The SMILES string of the molecule is CCNc1ccc(Cl)cc1C(=O)N1CCNC(=O)C1C. The maximum Gasteiger partial charge on any atom is 0.256 e. The molecule has 1 aromatic rings. The molecular formula is C14H18ClN3O2. The number of benzene rings is 1. The lowest BCUT2D eigenvalue weighted by molar-refractivity contribution is -0.127. The van der Waals surface area contributed by atoms with Gasteiger partial charge in [-0.05, 0) is 32.0 Å². The van der Waals surface area contributed by atoms with Gasteiger partial charge in [0.1, 0.15) is 6.04 Å². The van der Waals surface area contributed by atoms with E-state index >= 15 is 0 Å². The number of carbonyl (C=O) groups is 2. The van der Waals surface area contributed by atoms with E-state index in [1.54, 1.807) is 30.0 Å². The lowest BCUT2D eigenvalue weighted by Gasteiger charge is -2.33. The fraction of sp³-hybridized carbons (Fsp3) is 0.429. The van der Waals surface area contributed by atoms with E-state index in [9.17, 15) is 9.59 Å². The number of hydrogen-bond acceptors (Lipinski definition) is 3. The first-order chi connectivity index (χ1) is 9.54. The molecule has 1 aromatic carbocycles. The summed E-state index contributed by atoms with van der Waals surface area (Å²) in [5, 5.41) is 6.39. The third kappa shape index (κ3) is 2.88. The lowest BCUT2D eigenvalue weighted by Crippen LogP contribution is -2.55. The molecule has 0 saturated carbocycles. The van der Waals surface area contributed by atoms with E-state index in [0.29, 0.717) is 30.2 Å². The van der Waals surface area contributed by atoms with Gasteiger partial charge < -0.3 is 15.5 Å². The van der Waals surface area contributed by atoms with Crippen molar-refractivity contribution < 1.29 is 9.59 Å². The number of halogens is 1. The van der Waals surface area contributed by atoms with E-state index in [2.05, 4.69) is 10.6 Å². The van der Waals surface area contributed by atoms with Crippen molar-refractivity contribution in [2.24, 2.45) is 0 Å². The van der Waals surface area contributed by atoms with Gasteiger partial charge >= 0.3 is 0 Å². The Labute approximate surface area is 123 Å². The van der Waals surface area contributed by atoms with Gasteiger partial charge in [-0.2, -0.15) is 0 Å². The van der Waals surface area contributed by atoms with Crippen LogP contribution in [0, 0.1) is 0 Å². The van der Waals surface area contributed by atoms with Crippen LogP contribution in [0.25, 0.3) is 0 Å². The highest BCUT2D eigenvalue weighted by Gasteiger charge is 2.30. The molecule has 108 valence electrons. The number of piperazine rings is 1. The number of amides is 2. The van der Waals surface area contributed by atoms with Crippen LogP contribution >= 0.6 is 11.6 Å². The fourth-order valence-electron chi connectivity index (χ4n) is 2.25. The zero-order chi connectivity index (χ0) is 14.7. The Morgan fingerprint density at radius 3 is 3.00 bits per heavy atom. The van der Waals surface area contributed by atoms with Crippen LogP contribution in [0.4, 0.5) is 5.69 Å². The molecule has 5 nitrogen and oxygen atoms in total. The highest BCUT2D eigenvalue weighted by atomic mass is 35.5. The van der Waals surface area contributed by atoms with Gasteiger partial charge in [0.05, 0.1) is 5.56 Å². The molecule has 0 radical (unpaired) electrons. The molecule has 1 aliphatic rings. The molecule has 0 bridgehead atoms. The summed E-state index contributed by atoms with van der Waals surface area (Å²) in [6, 6.07) is 4.70. The Hall–Kier alpha value is -1.75. The zero-order valence-electron chi connectivity index (χ0n) is 11.6. The number of nitrogens with zero attached hydrogens (tertiary/aromatic N) is 1. The quantitative estimate of drug-likeness (QED) is 0.893. The Morgan fingerprint density at radius 2 is 2.30 bits per heavy atom. The Balaban J connectivity index is 2.32. The van der Waals surface area contributed by atoms with Gasteiger partial charge in [-0.15, -0.1) is 0 Å². The van der Waals surface area contributed by atoms with E-state index < -0.39 is 6.04 Å². The predicted molar refractivity (Wildman–Crippen MR) is 79.1 cm³/mol. The third-order valence-corrected chi connectivity index (χ3v) is 3.57. The largest absolute Gasteiger partial charge is 0.385 e. The van der Waals surface area contributed by atoms with Crippen molar-refractivity contribution >= 4 is 29.1 Å². The monoisotopic (exact) mass is 295 g/mol. The van der Waals surface area contributed by atoms with Crippen LogP contribution in [0.3, 0.4) is 0 Å². The molecule has 20 heavy (non-hydrogen) atoms. The van der Waals surface area contributed by atoms with Crippen molar-refractivity contribution in [3.63, 3.8) is 0 Å². The summed E-state index contributed by atoms with van der Waals surface area (Å²) in [4.78, 5) is 25.9. The van der Waals surface area contributed by atoms with E-state index in [4.69, 9.17) is 11.6 Å². The van der Waals surface area contributed by atoms with Crippen LogP contribution in [0.15, 0.2) is 18.2 Å². The summed E-state index contributed by atoms with van der Waals surface area (Å²) in [7, 11) is 0. The molecule has 0 aliphatic carbocycles. The molecule has 6 heteroatoms. The van der Waals surface area contributed by atoms with Gasteiger partial charge in [0.25, 0.3) is 5.91 Å². The number of rotatable bonds is 3. The molecule has 2 N–H and O–H groups in total. The molecule has 0 aromatic heterocycles. The van der Waals surface area contributed by atoms with Crippen LogP contribution in [0.5, 0.6) is 0 Å². The Kier molecular flexibility index (Phi) is 4.49. The number of carbonyl (C=O) groups excluding carboxylic acids is 2. The average molecular weight is 296 g/mol. The van der Waals surface area contributed by atoms with Gasteiger partial charge in [-0.3, -0.25) is 9.59 Å². The van der Waals surface area contributed by atoms with Crippen LogP contribution in [0.2, 0.25) is 5.02 Å². The summed E-state index contributed by atoms with van der Waals surface area (Å²) >= 11 is 5.99. The van der Waals surface area contributed by atoms with Crippen LogP contribution in [0.1, 0.15) is 24.2 Å². The maximum absolute atomic E-state index is 12.7. The first-order valence-corrected chi connectivity index (χ1v) is 7.04. The van der Waals surface area contributed by atoms with Gasteiger partial charge in [0, 0.05) is 30.3 Å². The van der Waals surface area contributed by atoms with Gasteiger partial charge in [0.2, 0.25) is 5.91 Å². The highest BCUT2D eigenvalue weighted by Crippen LogP contribution is 2.23. The first-order valence-electron chi connectivity index (χ1n) is 6.66. The van der Waals surface area contributed by atoms with Crippen LogP contribution in [-0.4, -0.2) is 42.4 Å². The molecule has 1 saturated heterocycles. The average Bonchev–Trinajstić information content (AvgIpc) is 2.43. The molecule has 1 atom stereocenters. The number of hydrogen-bond donors (Lipinski definition) is 2. The smallest absolute Gasteiger partial charge is 0.256 e. The fourth-order valence-corrected chi connectivity index (χ4v) is 2.42. The van der Waals surface area contributed by atoms with Gasteiger partial charge in [0.15, 0.2) is 0 Å². The normalized spacial score (nSPS) is 18.6. The predicted octanol–water partition coefficient (Wildman–Crippen LogP) is 1.73. The molecular weight excluding hydrogens is 278 g/mol. The van der Waals surface area contributed by atoms with E-state index in [0.717, 1.165) is 5.69 Å². The van der Waals surface area contributed by atoms with Crippen molar-refractivity contribution in [3.05, 3.63) is 28.8 Å². The van der Waals surface area contributed by atoms with Crippen LogP contribution in [-0.2, 0) is 4.79 Å². The van der Waals surface area contributed by atoms with E-state index in [-0.39, 0.29) is 11.8 Å². The van der Waals surface area contributed by atoms with Gasteiger partial charge in [-0.1, -0.05) is 11.6 Å². The molecule has 1 heterocycles. The van der Waals surface area contributed by atoms with E-state index in [1.807, 2.05) is 6.92 Å². The Bertz CT molecular complexity index is 533. The standard InChI is InChI=1S/C14H18ClN3O2/c1-3-16-12-5-4-10(15)8-11(12)14(20)18-7-6-17-13(19)9(18)2/h4-5,8-9,16H,3,6-7H2,1-2H3,(H,17,19). The second-order valence-corrected chi connectivity index (χ2v) is 5.12. The summed E-state index contributed by atoms with van der Waals surface area (Å²) < 4.78 is 0. The van der Waals surface area contributed by atoms with Crippen LogP contribution < -0.4 is 10.6 Å².